The number of amides is 1. The van der Waals surface area contributed by atoms with Crippen LogP contribution >= 0.6 is 0 Å². The summed E-state index contributed by atoms with van der Waals surface area (Å²) in [6, 6.07) is -0.133. The quantitative estimate of drug-likeness (QED) is 0.647. The molecule has 0 aliphatic carbocycles. The Kier molecular flexibility index (Phi) is 8.46. The highest BCUT2D eigenvalue weighted by Gasteiger charge is 2.32. The molecule has 0 radical (unpaired) electrons. The summed E-state index contributed by atoms with van der Waals surface area (Å²) < 4.78 is 0. The largest absolute Gasteiger partial charge is 0.480 e. The van der Waals surface area contributed by atoms with Gasteiger partial charge in [0, 0.05) is 6.04 Å². The highest BCUT2D eigenvalue weighted by molar-refractivity contribution is 5.82. The van der Waals surface area contributed by atoms with Crippen molar-refractivity contribution in [1.29, 1.82) is 0 Å². The van der Waals surface area contributed by atoms with E-state index in [2.05, 4.69) is 0 Å². The lowest BCUT2D eigenvalue weighted by atomic mass is 9.88. The fourth-order valence-electron chi connectivity index (χ4n) is 2.47. The molecular weight excluding hydrogens is 258 g/mol. The van der Waals surface area contributed by atoms with Crippen LogP contribution in [0.25, 0.3) is 0 Å². The Balaban J connectivity index is 4.91. The number of nitrogens with zero attached hydrogens (tertiary/aromatic N) is 1. The normalized spacial score (nSPS) is 13.1. The van der Waals surface area contributed by atoms with E-state index in [0.717, 1.165) is 12.8 Å². The zero-order valence-corrected chi connectivity index (χ0v) is 13.2. The van der Waals surface area contributed by atoms with Crippen LogP contribution in [0.5, 0.6) is 0 Å². The van der Waals surface area contributed by atoms with Crippen LogP contribution in [-0.4, -0.2) is 45.2 Å². The van der Waals surface area contributed by atoms with Crippen LogP contribution in [0.4, 0.5) is 0 Å². The van der Waals surface area contributed by atoms with Gasteiger partial charge in [0.05, 0.1) is 12.0 Å². The van der Waals surface area contributed by atoms with Gasteiger partial charge in [0.25, 0.3) is 0 Å². The summed E-state index contributed by atoms with van der Waals surface area (Å²) in [6.45, 7) is 7.38. The first-order valence-corrected chi connectivity index (χ1v) is 7.53. The Hall–Kier alpha value is -1.10. The molecule has 0 aliphatic rings. The van der Waals surface area contributed by atoms with Crippen molar-refractivity contribution in [2.75, 3.05) is 6.54 Å². The second-order valence-corrected chi connectivity index (χ2v) is 5.57. The lowest BCUT2D eigenvalue weighted by molar-refractivity contribution is -0.149. The third kappa shape index (κ3) is 6.37. The maximum atomic E-state index is 12.3. The number of rotatable bonds is 10. The Bertz CT molecular complexity index is 311. The van der Waals surface area contributed by atoms with Crippen LogP contribution in [0.1, 0.15) is 66.2 Å². The first-order chi connectivity index (χ1) is 9.29. The smallest absolute Gasteiger partial charge is 0.323 e. The third-order valence-electron chi connectivity index (χ3n) is 3.66. The van der Waals surface area contributed by atoms with E-state index in [9.17, 15) is 14.7 Å². The maximum absolute atomic E-state index is 12.3. The van der Waals surface area contributed by atoms with Gasteiger partial charge in [-0.25, -0.2) is 0 Å². The molecule has 0 aromatic carbocycles. The standard InChI is InChI=1S/C15H29NO4/c1-5-8-15(20,9-6-2)10-13(17)16(11-14(18)19)12(4)7-3/h12,20H,5-11H2,1-4H3,(H,18,19). The molecule has 0 saturated heterocycles. The number of carbonyl (C=O) groups is 2. The van der Waals surface area contributed by atoms with E-state index in [1.807, 2.05) is 27.7 Å². The van der Waals surface area contributed by atoms with Gasteiger partial charge in [-0.05, 0) is 26.2 Å². The molecule has 2 N–H and O–H groups in total. The molecule has 5 heteroatoms. The van der Waals surface area contributed by atoms with Crippen molar-refractivity contribution in [3.63, 3.8) is 0 Å². The summed E-state index contributed by atoms with van der Waals surface area (Å²) in [5, 5.41) is 19.5. The average molecular weight is 287 g/mol. The van der Waals surface area contributed by atoms with Gasteiger partial charge in [-0.1, -0.05) is 33.6 Å². The molecule has 0 bridgehead atoms. The minimum absolute atomic E-state index is 0.00625. The fourth-order valence-corrected chi connectivity index (χ4v) is 2.47. The summed E-state index contributed by atoms with van der Waals surface area (Å²) >= 11 is 0. The molecule has 5 nitrogen and oxygen atoms in total. The summed E-state index contributed by atoms with van der Waals surface area (Å²) in [4.78, 5) is 24.6. The van der Waals surface area contributed by atoms with Crippen molar-refractivity contribution < 1.29 is 19.8 Å². The van der Waals surface area contributed by atoms with Crippen LogP contribution in [0.2, 0.25) is 0 Å². The number of carboxylic acids is 1. The second-order valence-electron chi connectivity index (χ2n) is 5.57. The average Bonchev–Trinajstić information content (AvgIpc) is 2.34. The van der Waals surface area contributed by atoms with E-state index in [1.54, 1.807) is 0 Å². The molecule has 0 aromatic heterocycles. The predicted molar refractivity (Wildman–Crippen MR) is 78.5 cm³/mol. The third-order valence-corrected chi connectivity index (χ3v) is 3.66. The van der Waals surface area contributed by atoms with Crippen molar-refractivity contribution in [2.45, 2.75) is 77.9 Å². The van der Waals surface area contributed by atoms with E-state index in [4.69, 9.17) is 5.11 Å². The molecule has 1 atom stereocenters. The molecule has 0 spiro atoms. The van der Waals surface area contributed by atoms with Gasteiger partial charge in [0.2, 0.25) is 5.91 Å². The monoisotopic (exact) mass is 287 g/mol. The van der Waals surface area contributed by atoms with Crippen LogP contribution in [-0.2, 0) is 9.59 Å². The number of hydrogen-bond acceptors (Lipinski definition) is 3. The van der Waals surface area contributed by atoms with E-state index in [1.165, 1.54) is 4.90 Å². The van der Waals surface area contributed by atoms with Crippen molar-refractivity contribution in [3.8, 4) is 0 Å². The molecule has 1 amide bonds. The minimum Gasteiger partial charge on any atom is -0.480 e. The molecular formula is C15H29NO4. The maximum Gasteiger partial charge on any atom is 0.323 e. The lowest BCUT2D eigenvalue weighted by Gasteiger charge is -2.32. The molecule has 0 saturated carbocycles. The molecule has 0 fully saturated rings. The molecule has 1 unspecified atom stereocenters. The van der Waals surface area contributed by atoms with E-state index in [0.29, 0.717) is 19.3 Å². The summed E-state index contributed by atoms with van der Waals surface area (Å²) in [6.07, 6.45) is 3.42. The van der Waals surface area contributed by atoms with Crippen molar-refractivity contribution in [1.82, 2.24) is 4.90 Å². The molecule has 0 rings (SSSR count). The number of aliphatic hydroxyl groups is 1. The SMILES string of the molecule is CCCC(O)(CCC)CC(=O)N(CC(=O)O)C(C)CC. The highest BCUT2D eigenvalue weighted by atomic mass is 16.4. The van der Waals surface area contributed by atoms with Gasteiger partial charge in [0.1, 0.15) is 6.54 Å². The van der Waals surface area contributed by atoms with Crippen LogP contribution in [0.15, 0.2) is 0 Å². The fraction of sp³-hybridized carbons (Fsp3) is 0.867. The Morgan fingerprint density at radius 1 is 1.15 bits per heavy atom. The van der Waals surface area contributed by atoms with E-state index < -0.39 is 11.6 Å². The van der Waals surface area contributed by atoms with Gasteiger partial charge in [-0.2, -0.15) is 0 Å². The summed E-state index contributed by atoms with van der Waals surface area (Å²) in [5.41, 5.74) is -1.01. The zero-order chi connectivity index (χ0) is 15.8. The van der Waals surface area contributed by atoms with E-state index in [-0.39, 0.29) is 24.9 Å². The molecule has 0 aliphatic heterocycles. The molecule has 118 valence electrons. The van der Waals surface area contributed by atoms with Gasteiger partial charge >= 0.3 is 5.97 Å². The molecule has 0 aromatic rings. The Morgan fingerprint density at radius 3 is 2.00 bits per heavy atom. The van der Waals surface area contributed by atoms with Crippen LogP contribution in [0, 0.1) is 0 Å². The van der Waals surface area contributed by atoms with Gasteiger partial charge in [0.15, 0.2) is 0 Å². The van der Waals surface area contributed by atoms with E-state index >= 15 is 0 Å². The molecule has 20 heavy (non-hydrogen) atoms. The molecule has 0 heterocycles. The van der Waals surface area contributed by atoms with Crippen molar-refractivity contribution >= 4 is 11.9 Å². The van der Waals surface area contributed by atoms with Gasteiger partial charge < -0.3 is 15.1 Å². The first kappa shape index (κ1) is 18.9. The highest BCUT2D eigenvalue weighted by Crippen LogP contribution is 2.25. The zero-order valence-electron chi connectivity index (χ0n) is 13.2. The summed E-state index contributed by atoms with van der Waals surface area (Å²) in [5.74, 6) is -1.29. The number of hydrogen-bond donors (Lipinski definition) is 2. The van der Waals surface area contributed by atoms with Crippen LogP contribution < -0.4 is 0 Å². The Labute approximate surface area is 122 Å². The summed E-state index contributed by atoms with van der Waals surface area (Å²) in [7, 11) is 0. The van der Waals surface area contributed by atoms with Gasteiger partial charge in [-0.15, -0.1) is 0 Å². The first-order valence-electron chi connectivity index (χ1n) is 7.53. The minimum atomic E-state index is -1.02. The number of aliphatic carboxylic acids is 1. The number of carbonyl (C=O) groups excluding carboxylic acids is 1. The van der Waals surface area contributed by atoms with Crippen molar-refractivity contribution in [3.05, 3.63) is 0 Å². The Morgan fingerprint density at radius 2 is 1.65 bits per heavy atom. The van der Waals surface area contributed by atoms with Crippen molar-refractivity contribution in [2.24, 2.45) is 0 Å². The predicted octanol–water partition coefficient (Wildman–Crippen LogP) is 2.42. The second kappa shape index (κ2) is 8.95. The van der Waals surface area contributed by atoms with Crippen LogP contribution in [0.3, 0.4) is 0 Å². The topological polar surface area (TPSA) is 77.8 Å². The number of carboxylic acid groups (broad SMARTS) is 1. The van der Waals surface area contributed by atoms with Gasteiger partial charge in [-0.3, -0.25) is 9.59 Å². The lowest BCUT2D eigenvalue weighted by Crippen LogP contribution is -2.45.